The van der Waals surface area contributed by atoms with Gasteiger partial charge in [0, 0.05) is 0 Å². The Morgan fingerprint density at radius 3 is 2.60 bits per heavy atom. The summed E-state index contributed by atoms with van der Waals surface area (Å²) >= 11 is 11.9. The highest BCUT2D eigenvalue weighted by molar-refractivity contribution is 6.42. The molecule has 80 valence electrons. The highest BCUT2D eigenvalue weighted by atomic mass is 35.5. The molecule has 1 saturated carbocycles. The van der Waals surface area contributed by atoms with E-state index in [4.69, 9.17) is 28.3 Å². The SMILES string of the molecule is O=C(O)C1CCC1c1cccc(Cl)c1Cl. The largest absolute Gasteiger partial charge is 0.481 e. The molecule has 1 fully saturated rings. The molecule has 0 aromatic heterocycles. The standard InChI is InChI=1S/C11H10Cl2O2/c12-9-3-1-2-7(10(9)13)6-4-5-8(6)11(14)15/h1-3,6,8H,4-5H2,(H,14,15). The summed E-state index contributed by atoms with van der Waals surface area (Å²) in [5.41, 5.74) is 0.864. The van der Waals surface area contributed by atoms with Gasteiger partial charge in [0.15, 0.2) is 0 Å². The van der Waals surface area contributed by atoms with Crippen molar-refractivity contribution in [3.63, 3.8) is 0 Å². The van der Waals surface area contributed by atoms with Crippen LogP contribution < -0.4 is 0 Å². The van der Waals surface area contributed by atoms with Gasteiger partial charge in [0.1, 0.15) is 0 Å². The first-order valence-corrected chi connectivity index (χ1v) is 5.53. The van der Waals surface area contributed by atoms with Crippen LogP contribution in [0.4, 0.5) is 0 Å². The summed E-state index contributed by atoms with van der Waals surface area (Å²) in [4.78, 5) is 10.9. The van der Waals surface area contributed by atoms with Crippen molar-refractivity contribution in [3.8, 4) is 0 Å². The van der Waals surface area contributed by atoms with Crippen LogP contribution in [0.2, 0.25) is 10.0 Å². The van der Waals surface area contributed by atoms with Gasteiger partial charge >= 0.3 is 5.97 Å². The second kappa shape index (κ2) is 4.03. The number of rotatable bonds is 2. The van der Waals surface area contributed by atoms with E-state index >= 15 is 0 Å². The quantitative estimate of drug-likeness (QED) is 0.864. The summed E-state index contributed by atoms with van der Waals surface area (Å²) in [6.45, 7) is 0. The van der Waals surface area contributed by atoms with E-state index < -0.39 is 5.97 Å². The van der Waals surface area contributed by atoms with E-state index in [1.54, 1.807) is 12.1 Å². The van der Waals surface area contributed by atoms with Crippen molar-refractivity contribution < 1.29 is 9.90 Å². The molecule has 4 heteroatoms. The maximum absolute atomic E-state index is 10.9. The number of halogens is 2. The summed E-state index contributed by atoms with van der Waals surface area (Å²) in [6, 6.07) is 5.37. The molecule has 0 bridgehead atoms. The molecule has 1 aliphatic rings. The number of benzene rings is 1. The van der Waals surface area contributed by atoms with Crippen LogP contribution >= 0.6 is 23.2 Å². The fraction of sp³-hybridized carbons (Fsp3) is 0.364. The summed E-state index contributed by atoms with van der Waals surface area (Å²) in [5.74, 6) is -1.03. The monoisotopic (exact) mass is 244 g/mol. The van der Waals surface area contributed by atoms with Crippen molar-refractivity contribution in [2.75, 3.05) is 0 Å². The molecule has 1 aliphatic carbocycles. The lowest BCUT2D eigenvalue weighted by Gasteiger charge is -2.34. The van der Waals surface area contributed by atoms with Gasteiger partial charge in [0.2, 0.25) is 0 Å². The van der Waals surface area contributed by atoms with E-state index in [1.807, 2.05) is 6.07 Å². The summed E-state index contributed by atoms with van der Waals surface area (Å²) in [5, 5.41) is 9.94. The van der Waals surface area contributed by atoms with Gasteiger partial charge in [-0.25, -0.2) is 0 Å². The average Bonchev–Trinajstić information content (AvgIpc) is 2.10. The number of carboxylic acids is 1. The third-order valence-electron chi connectivity index (χ3n) is 2.97. The third-order valence-corrected chi connectivity index (χ3v) is 3.81. The number of carbonyl (C=O) groups is 1. The molecule has 2 unspecified atom stereocenters. The van der Waals surface area contributed by atoms with Crippen LogP contribution in [0.3, 0.4) is 0 Å². The van der Waals surface area contributed by atoms with Gasteiger partial charge in [-0.2, -0.15) is 0 Å². The topological polar surface area (TPSA) is 37.3 Å². The van der Waals surface area contributed by atoms with E-state index in [0.717, 1.165) is 18.4 Å². The van der Waals surface area contributed by atoms with Crippen LogP contribution in [0.25, 0.3) is 0 Å². The first-order valence-electron chi connectivity index (χ1n) is 4.78. The number of carboxylic acid groups (broad SMARTS) is 1. The molecule has 15 heavy (non-hydrogen) atoms. The summed E-state index contributed by atoms with van der Waals surface area (Å²) in [6.07, 6.45) is 1.60. The Labute approximate surface area is 97.8 Å². The number of hydrogen-bond acceptors (Lipinski definition) is 1. The predicted octanol–water partition coefficient (Wildman–Crippen LogP) is 3.57. The van der Waals surface area contributed by atoms with Gasteiger partial charge in [-0.1, -0.05) is 35.3 Å². The number of hydrogen-bond donors (Lipinski definition) is 1. The van der Waals surface area contributed by atoms with Crippen molar-refractivity contribution in [1.29, 1.82) is 0 Å². The third kappa shape index (κ3) is 1.84. The molecule has 2 atom stereocenters. The molecule has 1 aromatic carbocycles. The molecule has 2 rings (SSSR count). The Morgan fingerprint density at radius 2 is 2.07 bits per heavy atom. The zero-order chi connectivity index (χ0) is 11.0. The van der Waals surface area contributed by atoms with Gasteiger partial charge in [-0.15, -0.1) is 0 Å². The van der Waals surface area contributed by atoms with Crippen molar-refractivity contribution >= 4 is 29.2 Å². The van der Waals surface area contributed by atoms with Crippen LogP contribution in [-0.4, -0.2) is 11.1 Å². The molecule has 1 aromatic rings. The predicted molar refractivity (Wildman–Crippen MR) is 59.6 cm³/mol. The molecule has 0 aliphatic heterocycles. The van der Waals surface area contributed by atoms with Gasteiger partial charge in [-0.3, -0.25) is 4.79 Å². The Balaban J connectivity index is 2.31. The minimum absolute atomic E-state index is 0.0219. The lowest BCUT2D eigenvalue weighted by molar-refractivity contribution is -0.145. The van der Waals surface area contributed by atoms with Crippen molar-refractivity contribution in [2.24, 2.45) is 5.92 Å². The molecule has 0 heterocycles. The lowest BCUT2D eigenvalue weighted by Crippen LogP contribution is -2.31. The highest BCUT2D eigenvalue weighted by Gasteiger charge is 2.38. The smallest absolute Gasteiger partial charge is 0.307 e. The Bertz CT molecular complexity index is 404. The zero-order valence-electron chi connectivity index (χ0n) is 7.91. The van der Waals surface area contributed by atoms with E-state index in [0.29, 0.717) is 10.0 Å². The maximum atomic E-state index is 10.9. The van der Waals surface area contributed by atoms with E-state index in [2.05, 4.69) is 0 Å². The minimum Gasteiger partial charge on any atom is -0.481 e. The van der Waals surface area contributed by atoms with E-state index in [9.17, 15) is 4.79 Å². The minimum atomic E-state index is -0.748. The molecule has 1 N–H and O–H groups in total. The van der Waals surface area contributed by atoms with E-state index in [-0.39, 0.29) is 11.8 Å². The van der Waals surface area contributed by atoms with Gasteiger partial charge in [0.25, 0.3) is 0 Å². The second-order valence-corrected chi connectivity index (χ2v) is 4.56. The fourth-order valence-corrected chi connectivity index (χ4v) is 2.42. The summed E-state index contributed by atoms with van der Waals surface area (Å²) < 4.78 is 0. The zero-order valence-corrected chi connectivity index (χ0v) is 9.42. The molecule has 0 radical (unpaired) electrons. The van der Waals surface area contributed by atoms with Crippen LogP contribution in [0.15, 0.2) is 18.2 Å². The number of aliphatic carboxylic acids is 1. The summed E-state index contributed by atoms with van der Waals surface area (Å²) in [7, 11) is 0. The van der Waals surface area contributed by atoms with Gasteiger partial charge in [-0.05, 0) is 30.4 Å². The Kier molecular flexibility index (Phi) is 2.89. The average molecular weight is 245 g/mol. The van der Waals surface area contributed by atoms with Crippen LogP contribution in [0, 0.1) is 5.92 Å². The normalized spacial score (nSPS) is 24.7. The van der Waals surface area contributed by atoms with Crippen LogP contribution in [0.1, 0.15) is 24.3 Å². The molecule has 2 nitrogen and oxygen atoms in total. The van der Waals surface area contributed by atoms with Crippen LogP contribution in [-0.2, 0) is 4.79 Å². The highest BCUT2D eigenvalue weighted by Crippen LogP contribution is 2.46. The maximum Gasteiger partial charge on any atom is 0.307 e. The van der Waals surface area contributed by atoms with Crippen LogP contribution in [0.5, 0.6) is 0 Å². The molecule has 0 amide bonds. The molecular weight excluding hydrogens is 235 g/mol. The molecular formula is C11H10Cl2O2. The first-order chi connectivity index (χ1) is 7.11. The lowest BCUT2D eigenvalue weighted by atomic mass is 9.70. The molecule has 0 saturated heterocycles. The fourth-order valence-electron chi connectivity index (χ4n) is 1.97. The van der Waals surface area contributed by atoms with E-state index in [1.165, 1.54) is 0 Å². The first kappa shape index (κ1) is 10.8. The molecule has 0 spiro atoms. The van der Waals surface area contributed by atoms with Gasteiger partial charge in [0.05, 0.1) is 16.0 Å². The second-order valence-electron chi connectivity index (χ2n) is 3.77. The Hall–Kier alpha value is -0.730. The van der Waals surface area contributed by atoms with Crippen molar-refractivity contribution in [1.82, 2.24) is 0 Å². The van der Waals surface area contributed by atoms with Gasteiger partial charge < -0.3 is 5.11 Å². The van der Waals surface area contributed by atoms with Crippen molar-refractivity contribution in [2.45, 2.75) is 18.8 Å². The van der Waals surface area contributed by atoms with Crippen molar-refractivity contribution in [3.05, 3.63) is 33.8 Å². The Morgan fingerprint density at radius 1 is 1.33 bits per heavy atom.